The van der Waals surface area contributed by atoms with Crippen LogP contribution in [0.3, 0.4) is 0 Å². The van der Waals surface area contributed by atoms with Crippen molar-refractivity contribution >= 4 is 5.95 Å². The van der Waals surface area contributed by atoms with E-state index in [1.165, 1.54) is 0 Å². The summed E-state index contributed by atoms with van der Waals surface area (Å²) in [6, 6.07) is 9.30. The maximum absolute atomic E-state index is 5.69. The highest BCUT2D eigenvalue weighted by molar-refractivity contribution is 5.64. The number of aromatic nitrogens is 3. The molecular weight excluding hydrogens is 216 g/mol. The van der Waals surface area contributed by atoms with Gasteiger partial charge in [-0.3, -0.25) is 0 Å². The highest BCUT2D eigenvalue weighted by Crippen LogP contribution is 2.23. The van der Waals surface area contributed by atoms with Crippen LogP contribution in [0.1, 0.15) is 0 Å². The molecule has 0 aliphatic heterocycles. The maximum atomic E-state index is 5.69. The quantitative estimate of drug-likeness (QED) is 0.702. The van der Waals surface area contributed by atoms with E-state index in [2.05, 4.69) is 15.0 Å². The Morgan fingerprint density at radius 1 is 1.12 bits per heavy atom. The van der Waals surface area contributed by atoms with Gasteiger partial charge in [0.05, 0.1) is 17.7 Å². The van der Waals surface area contributed by atoms with Crippen molar-refractivity contribution < 1.29 is 4.42 Å². The zero-order valence-electron chi connectivity index (χ0n) is 8.92. The Labute approximate surface area is 97.3 Å². The zero-order valence-corrected chi connectivity index (χ0v) is 8.92. The Kier molecular flexibility index (Phi) is 2.15. The number of hydrogen-bond acceptors (Lipinski definition) is 4. The third kappa shape index (κ3) is 1.78. The molecule has 0 unspecified atom stereocenters. The predicted octanol–water partition coefficient (Wildman–Crippen LogP) is 2.31. The molecule has 0 aliphatic rings. The molecule has 0 amide bonds. The third-order valence-corrected chi connectivity index (χ3v) is 2.39. The fourth-order valence-corrected chi connectivity index (χ4v) is 1.64. The molecule has 3 aromatic heterocycles. The number of rotatable bonds is 2. The van der Waals surface area contributed by atoms with Crippen molar-refractivity contribution in [2.24, 2.45) is 0 Å². The summed E-state index contributed by atoms with van der Waals surface area (Å²) in [5.74, 6) is 0.899. The van der Waals surface area contributed by atoms with Crippen molar-refractivity contribution in [2.75, 3.05) is 5.73 Å². The van der Waals surface area contributed by atoms with E-state index in [0.717, 1.165) is 11.4 Å². The molecule has 17 heavy (non-hydrogen) atoms. The van der Waals surface area contributed by atoms with Gasteiger partial charge in [0, 0.05) is 6.20 Å². The minimum atomic E-state index is 0.225. The number of nitrogens with zero attached hydrogens (tertiary/aromatic N) is 2. The molecule has 5 nitrogen and oxygen atoms in total. The van der Waals surface area contributed by atoms with Crippen LogP contribution in [-0.4, -0.2) is 15.0 Å². The van der Waals surface area contributed by atoms with E-state index in [1.807, 2.05) is 36.5 Å². The number of nitrogen functional groups attached to an aromatic ring is 1. The lowest BCUT2D eigenvalue weighted by molar-refractivity contribution is 0.580. The van der Waals surface area contributed by atoms with Crippen LogP contribution in [0.15, 0.2) is 47.2 Å². The first-order chi connectivity index (χ1) is 8.33. The van der Waals surface area contributed by atoms with Crippen molar-refractivity contribution in [1.82, 2.24) is 15.0 Å². The van der Waals surface area contributed by atoms with Crippen LogP contribution in [0, 0.1) is 0 Å². The van der Waals surface area contributed by atoms with Crippen molar-refractivity contribution in [3.63, 3.8) is 0 Å². The summed E-state index contributed by atoms with van der Waals surface area (Å²) in [5, 5.41) is 0. The first-order valence-corrected chi connectivity index (χ1v) is 5.15. The van der Waals surface area contributed by atoms with Crippen LogP contribution >= 0.6 is 0 Å². The molecule has 0 bridgehead atoms. The molecule has 84 valence electrons. The van der Waals surface area contributed by atoms with E-state index in [4.69, 9.17) is 10.2 Å². The van der Waals surface area contributed by atoms with Gasteiger partial charge in [0.25, 0.3) is 0 Å². The molecule has 0 radical (unpaired) electrons. The number of hydrogen-bond donors (Lipinski definition) is 2. The van der Waals surface area contributed by atoms with E-state index in [0.29, 0.717) is 11.5 Å². The van der Waals surface area contributed by atoms with Gasteiger partial charge < -0.3 is 15.1 Å². The highest BCUT2D eigenvalue weighted by atomic mass is 16.3. The molecular formula is C12H10N4O. The third-order valence-electron chi connectivity index (χ3n) is 2.39. The van der Waals surface area contributed by atoms with E-state index in [-0.39, 0.29) is 5.95 Å². The topological polar surface area (TPSA) is 80.7 Å². The normalized spacial score (nSPS) is 10.6. The smallest absolute Gasteiger partial charge is 0.221 e. The Morgan fingerprint density at radius 2 is 2.00 bits per heavy atom. The van der Waals surface area contributed by atoms with E-state index in [9.17, 15) is 0 Å². The van der Waals surface area contributed by atoms with Crippen molar-refractivity contribution in [3.05, 3.63) is 42.8 Å². The average molecular weight is 226 g/mol. The van der Waals surface area contributed by atoms with E-state index in [1.54, 1.807) is 6.26 Å². The van der Waals surface area contributed by atoms with Gasteiger partial charge in [-0.15, -0.1) is 0 Å². The monoisotopic (exact) mass is 226 g/mol. The lowest BCUT2D eigenvalue weighted by Crippen LogP contribution is -1.98. The lowest BCUT2D eigenvalue weighted by Gasteiger charge is -2.02. The van der Waals surface area contributed by atoms with Crippen molar-refractivity contribution in [3.8, 4) is 22.8 Å². The Balaban J connectivity index is 2.13. The number of aromatic amines is 1. The fourth-order valence-electron chi connectivity index (χ4n) is 1.64. The number of anilines is 1. The summed E-state index contributed by atoms with van der Waals surface area (Å²) in [6.45, 7) is 0. The first-order valence-electron chi connectivity index (χ1n) is 5.15. The summed E-state index contributed by atoms with van der Waals surface area (Å²) in [5.41, 5.74) is 8.01. The van der Waals surface area contributed by atoms with Crippen molar-refractivity contribution in [2.45, 2.75) is 0 Å². The molecule has 0 saturated heterocycles. The predicted molar refractivity (Wildman–Crippen MR) is 63.9 cm³/mol. The standard InChI is InChI=1S/C12H10N4O/c13-12-15-9(8-3-1-5-14-8)7-10(16-12)11-4-2-6-17-11/h1-7,14H,(H2,13,15,16). The Morgan fingerprint density at radius 3 is 2.71 bits per heavy atom. The number of furan rings is 1. The summed E-state index contributed by atoms with van der Waals surface area (Å²) in [6.07, 6.45) is 3.43. The molecule has 5 heteroatoms. The zero-order chi connectivity index (χ0) is 11.7. The molecule has 0 atom stereocenters. The van der Waals surface area contributed by atoms with Crippen LogP contribution in [0.4, 0.5) is 5.95 Å². The minimum Gasteiger partial charge on any atom is -0.463 e. The molecule has 0 aromatic carbocycles. The van der Waals surface area contributed by atoms with Crippen LogP contribution < -0.4 is 5.73 Å². The molecule has 0 fully saturated rings. The second-order valence-corrected chi connectivity index (χ2v) is 3.56. The molecule has 3 rings (SSSR count). The largest absolute Gasteiger partial charge is 0.463 e. The lowest BCUT2D eigenvalue weighted by atomic mass is 10.2. The van der Waals surface area contributed by atoms with Crippen LogP contribution in [0.2, 0.25) is 0 Å². The van der Waals surface area contributed by atoms with Gasteiger partial charge in [-0.25, -0.2) is 9.97 Å². The van der Waals surface area contributed by atoms with Gasteiger partial charge in [-0.05, 0) is 30.3 Å². The van der Waals surface area contributed by atoms with Gasteiger partial charge >= 0.3 is 0 Å². The summed E-state index contributed by atoms with van der Waals surface area (Å²) < 4.78 is 5.29. The molecule has 3 N–H and O–H groups in total. The molecule has 3 heterocycles. The molecule has 0 spiro atoms. The minimum absolute atomic E-state index is 0.225. The van der Waals surface area contributed by atoms with Gasteiger partial charge in [0.1, 0.15) is 5.69 Å². The number of nitrogens with one attached hydrogen (secondary N) is 1. The summed E-state index contributed by atoms with van der Waals surface area (Å²) in [4.78, 5) is 11.4. The van der Waals surface area contributed by atoms with Crippen molar-refractivity contribution in [1.29, 1.82) is 0 Å². The van der Waals surface area contributed by atoms with Gasteiger partial charge in [0.15, 0.2) is 5.76 Å². The molecule has 0 aliphatic carbocycles. The summed E-state index contributed by atoms with van der Waals surface area (Å²) in [7, 11) is 0. The fraction of sp³-hybridized carbons (Fsp3) is 0. The number of H-pyrrole nitrogens is 1. The average Bonchev–Trinajstić information content (AvgIpc) is 3.02. The second-order valence-electron chi connectivity index (χ2n) is 3.56. The van der Waals surface area contributed by atoms with Gasteiger partial charge in [-0.2, -0.15) is 0 Å². The Bertz CT molecular complexity index is 562. The SMILES string of the molecule is Nc1nc(-c2ccc[nH]2)cc(-c2ccco2)n1. The number of nitrogens with two attached hydrogens (primary N) is 1. The maximum Gasteiger partial charge on any atom is 0.221 e. The second kappa shape index (κ2) is 3.79. The summed E-state index contributed by atoms with van der Waals surface area (Å²) >= 11 is 0. The van der Waals surface area contributed by atoms with E-state index >= 15 is 0 Å². The highest BCUT2D eigenvalue weighted by Gasteiger charge is 2.08. The van der Waals surface area contributed by atoms with Crippen LogP contribution in [0.25, 0.3) is 22.8 Å². The van der Waals surface area contributed by atoms with Gasteiger partial charge in [-0.1, -0.05) is 0 Å². The van der Waals surface area contributed by atoms with Crippen LogP contribution in [0.5, 0.6) is 0 Å². The van der Waals surface area contributed by atoms with Gasteiger partial charge in [0.2, 0.25) is 5.95 Å². The first kappa shape index (κ1) is 9.65. The van der Waals surface area contributed by atoms with E-state index < -0.39 is 0 Å². The molecule has 3 aromatic rings. The van der Waals surface area contributed by atoms with Crippen LogP contribution in [-0.2, 0) is 0 Å². The molecule has 0 saturated carbocycles. The Hall–Kier alpha value is -2.56.